The molecule has 6 nitrogen and oxygen atoms in total. The Morgan fingerprint density at radius 3 is 2.29 bits per heavy atom. The second-order valence-electron chi connectivity index (χ2n) is 6.54. The maximum Gasteiger partial charge on any atom is 0.191 e. The fraction of sp³-hybridized carbons (Fsp3) is 0.381. The second kappa shape index (κ2) is 10.7. The number of para-hydroxylation sites is 1. The Balaban J connectivity index is 1.75. The summed E-state index contributed by atoms with van der Waals surface area (Å²) in [5.41, 5.74) is 2.24. The van der Waals surface area contributed by atoms with Crippen molar-refractivity contribution in [3.05, 3.63) is 60.2 Å². The minimum absolute atomic E-state index is 0.331. The summed E-state index contributed by atoms with van der Waals surface area (Å²) in [5.74, 6) is 0.731. The lowest BCUT2D eigenvalue weighted by Crippen LogP contribution is -2.38. The molecule has 152 valence electrons. The number of guanidine groups is 1. The SMILES string of the molecule is CCN(CCCNC(=NC)NCc1ccc(S(C)(=O)=O)cc1)c1ccccc1. The zero-order valence-electron chi connectivity index (χ0n) is 16.9. The fourth-order valence-corrected chi connectivity index (χ4v) is 3.48. The molecule has 0 amide bonds. The van der Waals surface area contributed by atoms with Crippen LogP contribution in [0.3, 0.4) is 0 Å². The number of nitrogens with one attached hydrogen (secondary N) is 2. The summed E-state index contributed by atoms with van der Waals surface area (Å²) in [6, 6.07) is 17.3. The van der Waals surface area contributed by atoms with Crippen LogP contribution in [0.4, 0.5) is 5.69 Å². The summed E-state index contributed by atoms with van der Waals surface area (Å²) in [4.78, 5) is 6.92. The Labute approximate surface area is 168 Å². The minimum atomic E-state index is -3.16. The Hall–Kier alpha value is -2.54. The molecular formula is C21H30N4O2S. The lowest BCUT2D eigenvalue weighted by molar-refractivity contribution is 0.602. The molecule has 2 aromatic rings. The molecule has 0 spiro atoms. The highest BCUT2D eigenvalue weighted by molar-refractivity contribution is 7.90. The van der Waals surface area contributed by atoms with E-state index in [0.717, 1.165) is 37.6 Å². The van der Waals surface area contributed by atoms with Gasteiger partial charge in [-0.1, -0.05) is 30.3 Å². The zero-order chi connectivity index (χ0) is 20.4. The van der Waals surface area contributed by atoms with Crippen molar-refractivity contribution in [1.29, 1.82) is 0 Å². The molecule has 2 rings (SSSR count). The molecule has 0 aliphatic heterocycles. The molecule has 0 atom stereocenters. The van der Waals surface area contributed by atoms with Gasteiger partial charge in [0.25, 0.3) is 0 Å². The predicted octanol–water partition coefficient (Wildman–Crippen LogP) is 2.67. The van der Waals surface area contributed by atoms with E-state index in [0.29, 0.717) is 11.4 Å². The van der Waals surface area contributed by atoms with Crippen LogP contribution < -0.4 is 15.5 Å². The molecular weight excluding hydrogens is 372 g/mol. The lowest BCUT2D eigenvalue weighted by Gasteiger charge is -2.23. The van der Waals surface area contributed by atoms with Crippen molar-refractivity contribution in [2.75, 3.05) is 37.8 Å². The number of benzene rings is 2. The van der Waals surface area contributed by atoms with Crippen molar-refractivity contribution in [1.82, 2.24) is 10.6 Å². The third-order valence-corrected chi connectivity index (χ3v) is 5.56. The molecule has 0 saturated carbocycles. The second-order valence-corrected chi connectivity index (χ2v) is 8.55. The van der Waals surface area contributed by atoms with E-state index in [1.807, 2.05) is 18.2 Å². The molecule has 0 unspecified atom stereocenters. The van der Waals surface area contributed by atoms with Gasteiger partial charge in [-0.2, -0.15) is 0 Å². The Bertz CT molecular complexity index is 850. The highest BCUT2D eigenvalue weighted by atomic mass is 32.2. The molecule has 28 heavy (non-hydrogen) atoms. The van der Waals surface area contributed by atoms with Crippen LogP contribution in [0.5, 0.6) is 0 Å². The van der Waals surface area contributed by atoms with Gasteiger partial charge in [0.05, 0.1) is 4.90 Å². The summed E-state index contributed by atoms with van der Waals surface area (Å²) in [6.45, 7) is 5.50. The summed E-state index contributed by atoms with van der Waals surface area (Å²) >= 11 is 0. The maximum absolute atomic E-state index is 11.5. The van der Waals surface area contributed by atoms with Crippen LogP contribution in [0.2, 0.25) is 0 Å². The lowest BCUT2D eigenvalue weighted by atomic mass is 10.2. The summed E-state index contributed by atoms with van der Waals surface area (Å²) < 4.78 is 23.0. The monoisotopic (exact) mass is 402 g/mol. The van der Waals surface area contributed by atoms with Crippen LogP contribution in [0.1, 0.15) is 18.9 Å². The van der Waals surface area contributed by atoms with Crippen molar-refractivity contribution in [3.63, 3.8) is 0 Å². The standard InChI is InChI=1S/C21H30N4O2S/c1-4-25(19-9-6-5-7-10-19)16-8-15-23-21(22-2)24-17-18-11-13-20(14-12-18)28(3,26)27/h5-7,9-14H,4,8,15-17H2,1-3H3,(H2,22,23,24). The summed E-state index contributed by atoms with van der Waals surface area (Å²) in [5, 5.41) is 6.58. The first-order valence-electron chi connectivity index (χ1n) is 9.47. The summed E-state index contributed by atoms with van der Waals surface area (Å²) in [6.07, 6.45) is 2.20. The fourth-order valence-electron chi connectivity index (χ4n) is 2.85. The van der Waals surface area contributed by atoms with Gasteiger partial charge in [-0.3, -0.25) is 4.99 Å². The number of anilines is 1. The Morgan fingerprint density at radius 1 is 1.04 bits per heavy atom. The van der Waals surface area contributed by atoms with E-state index in [2.05, 4.69) is 51.7 Å². The number of hydrogen-bond acceptors (Lipinski definition) is 4. The normalized spacial score (nSPS) is 11.9. The van der Waals surface area contributed by atoms with E-state index in [4.69, 9.17) is 0 Å². The van der Waals surface area contributed by atoms with Gasteiger partial charge >= 0.3 is 0 Å². The van der Waals surface area contributed by atoms with Gasteiger partial charge in [-0.05, 0) is 43.2 Å². The van der Waals surface area contributed by atoms with E-state index in [1.54, 1.807) is 19.2 Å². The first-order valence-corrected chi connectivity index (χ1v) is 11.4. The molecule has 0 aromatic heterocycles. The van der Waals surface area contributed by atoms with E-state index in [-0.39, 0.29) is 0 Å². The molecule has 0 fully saturated rings. The minimum Gasteiger partial charge on any atom is -0.372 e. The van der Waals surface area contributed by atoms with Gasteiger partial charge in [-0.15, -0.1) is 0 Å². The van der Waals surface area contributed by atoms with Crippen molar-refractivity contribution in [3.8, 4) is 0 Å². The molecule has 2 N–H and O–H groups in total. The smallest absolute Gasteiger partial charge is 0.191 e. The van der Waals surface area contributed by atoms with E-state index in [1.165, 1.54) is 11.9 Å². The number of nitrogens with zero attached hydrogens (tertiary/aromatic N) is 2. The van der Waals surface area contributed by atoms with E-state index < -0.39 is 9.84 Å². The first-order chi connectivity index (χ1) is 13.4. The number of rotatable bonds is 9. The molecule has 0 bridgehead atoms. The molecule has 7 heteroatoms. The van der Waals surface area contributed by atoms with Gasteiger partial charge in [0.1, 0.15) is 0 Å². The zero-order valence-corrected chi connectivity index (χ0v) is 17.7. The van der Waals surface area contributed by atoms with Gasteiger partial charge in [0.15, 0.2) is 15.8 Å². The molecule has 2 aromatic carbocycles. The topological polar surface area (TPSA) is 73.8 Å². The van der Waals surface area contributed by atoms with Gasteiger partial charge in [0.2, 0.25) is 0 Å². The first kappa shape index (κ1) is 21.8. The van der Waals surface area contributed by atoms with Crippen LogP contribution in [0.15, 0.2) is 64.5 Å². The van der Waals surface area contributed by atoms with E-state index >= 15 is 0 Å². The van der Waals surface area contributed by atoms with Gasteiger partial charge in [0, 0.05) is 45.2 Å². The molecule has 0 radical (unpaired) electrons. The average molecular weight is 403 g/mol. The molecule has 0 aliphatic carbocycles. The number of sulfone groups is 1. The van der Waals surface area contributed by atoms with Crippen LogP contribution in [0, 0.1) is 0 Å². The highest BCUT2D eigenvalue weighted by Gasteiger charge is 2.07. The van der Waals surface area contributed by atoms with Crippen molar-refractivity contribution in [2.24, 2.45) is 4.99 Å². The van der Waals surface area contributed by atoms with Crippen LogP contribution in [-0.2, 0) is 16.4 Å². The average Bonchev–Trinajstić information content (AvgIpc) is 2.70. The van der Waals surface area contributed by atoms with Crippen molar-refractivity contribution >= 4 is 21.5 Å². The molecule has 0 heterocycles. The predicted molar refractivity (Wildman–Crippen MR) is 117 cm³/mol. The number of aliphatic imine (C=N–C) groups is 1. The molecule has 0 saturated heterocycles. The van der Waals surface area contributed by atoms with Crippen molar-refractivity contribution < 1.29 is 8.42 Å². The quantitative estimate of drug-likeness (QED) is 0.383. The van der Waals surface area contributed by atoms with E-state index in [9.17, 15) is 8.42 Å². The Kier molecular flexibility index (Phi) is 8.32. The van der Waals surface area contributed by atoms with Crippen LogP contribution in [-0.4, -0.2) is 47.3 Å². The largest absolute Gasteiger partial charge is 0.372 e. The maximum atomic E-state index is 11.5. The number of hydrogen-bond donors (Lipinski definition) is 2. The Morgan fingerprint density at radius 2 is 1.71 bits per heavy atom. The molecule has 0 aliphatic rings. The van der Waals surface area contributed by atoms with Gasteiger partial charge < -0.3 is 15.5 Å². The highest BCUT2D eigenvalue weighted by Crippen LogP contribution is 2.13. The van der Waals surface area contributed by atoms with Gasteiger partial charge in [-0.25, -0.2) is 8.42 Å². The third kappa shape index (κ3) is 6.88. The van der Waals surface area contributed by atoms with Crippen LogP contribution >= 0.6 is 0 Å². The van der Waals surface area contributed by atoms with Crippen molar-refractivity contribution in [2.45, 2.75) is 24.8 Å². The van der Waals surface area contributed by atoms with Crippen LogP contribution in [0.25, 0.3) is 0 Å². The summed E-state index contributed by atoms with van der Waals surface area (Å²) in [7, 11) is -1.42. The third-order valence-electron chi connectivity index (χ3n) is 4.44.